The third-order valence-corrected chi connectivity index (χ3v) is 11.6. The van der Waals surface area contributed by atoms with Crippen molar-refractivity contribution in [1.29, 1.82) is 0 Å². The van der Waals surface area contributed by atoms with E-state index in [1.807, 2.05) is 12.4 Å². The van der Waals surface area contributed by atoms with Crippen LogP contribution in [0, 0.1) is 23.7 Å². The molecule has 11 heteroatoms. The van der Waals surface area contributed by atoms with Crippen LogP contribution in [0.4, 0.5) is 19.1 Å². The summed E-state index contributed by atoms with van der Waals surface area (Å²) in [7, 11) is -4.44. The Morgan fingerprint density at radius 2 is 1.68 bits per heavy atom. The van der Waals surface area contributed by atoms with E-state index in [2.05, 4.69) is 21.8 Å². The van der Waals surface area contributed by atoms with Crippen LogP contribution in [-0.2, 0) is 20.7 Å². The fourth-order valence-corrected chi connectivity index (χ4v) is 8.16. The van der Waals surface area contributed by atoms with E-state index in [0.717, 1.165) is 56.7 Å². The van der Waals surface area contributed by atoms with E-state index < -0.39 is 27.9 Å². The summed E-state index contributed by atoms with van der Waals surface area (Å²) in [5, 5.41) is 0. The zero-order valence-electron chi connectivity index (χ0n) is 22.2. The quantitative estimate of drug-likeness (QED) is 0.453. The van der Waals surface area contributed by atoms with Crippen molar-refractivity contribution in [3.05, 3.63) is 18.0 Å². The summed E-state index contributed by atoms with van der Waals surface area (Å²) in [6, 6.07) is 0. The molecule has 212 valence electrons. The largest absolute Gasteiger partial charge is 0.390 e. The lowest BCUT2D eigenvalue weighted by Crippen LogP contribution is -2.55. The first-order valence-electron chi connectivity index (χ1n) is 13.7. The lowest BCUT2D eigenvalue weighted by atomic mass is 9.65. The van der Waals surface area contributed by atoms with Crippen LogP contribution in [0.5, 0.6) is 0 Å². The maximum Gasteiger partial charge on any atom is 0.390 e. The van der Waals surface area contributed by atoms with Crippen molar-refractivity contribution in [3.63, 3.8) is 0 Å². The van der Waals surface area contributed by atoms with Crippen molar-refractivity contribution in [3.8, 4) is 0 Å². The van der Waals surface area contributed by atoms with Gasteiger partial charge < -0.3 is 9.64 Å². The van der Waals surface area contributed by atoms with Crippen molar-refractivity contribution >= 4 is 15.5 Å². The molecule has 37 heavy (non-hydrogen) atoms. The molecule has 3 heterocycles. The smallest absolute Gasteiger partial charge is 0.381 e. The van der Waals surface area contributed by atoms with Gasteiger partial charge in [0.05, 0.1) is 12.2 Å². The molecular weight excluding hydrogens is 505 g/mol. The molecule has 1 saturated carbocycles. The molecule has 0 aromatic carbocycles. The summed E-state index contributed by atoms with van der Waals surface area (Å²) < 4.78 is 68.7. The van der Waals surface area contributed by atoms with Crippen molar-refractivity contribution in [2.75, 3.05) is 56.3 Å². The molecule has 0 radical (unpaired) electrons. The van der Waals surface area contributed by atoms with Gasteiger partial charge in [-0.1, -0.05) is 6.92 Å². The van der Waals surface area contributed by atoms with Crippen LogP contribution in [0.2, 0.25) is 0 Å². The van der Waals surface area contributed by atoms with Crippen LogP contribution < -0.4 is 4.90 Å². The first kappa shape index (κ1) is 28.7. The number of alkyl halides is 3. The zero-order chi connectivity index (χ0) is 26.7. The standard InChI is InChI=1S/C26H43F3N4O3S/c1-3-20-16-30-25(31-17-20)32-11-8-22(9-12-32)24-5-4-23(24)19-36-18-21-6-13-33(14-7-21)37(2,34,35)15-10-26(27,28)29/h16-17,21-24H,3-15,18-19H2,1-2H3,(H,34,35). The van der Waals surface area contributed by atoms with Gasteiger partial charge >= 0.3 is 6.18 Å². The summed E-state index contributed by atoms with van der Waals surface area (Å²) in [6.45, 7) is 6.13. The Kier molecular flexibility index (Phi) is 8.87. The van der Waals surface area contributed by atoms with Gasteiger partial charge in [-0.2, -0.15) is 17.4 Å². The Balaban J connectivity index is 1.14. The summed E-state index contributed by atoms with van der Waals surface area (Å²) in [6.07, 6.45) is 6.32. The second-order valence-corrected chi connectivity index (χ2v) is 15.3. The first-order valence-corrected chi connectivity index (χ1v) is 16.2. The number of nitrogens with zero attached hydrogens (tertiary/aromatic N) is 4. The molecule has 4 rings (SSSR count). The van der Waals surface area contributed by atoms with Gasteiger partial charge in [0.1, 0.15) is 0 Å². The van der Waals surface area contributed by atoms with Gasteiger partial charge in [0.2, 0.25) is 5.95 Å². The Bertz CT molecular complexity index is 939. The highest BCUT2D eigenvalue weighted by Gasteiger charge is 2.40. The summed E-state index contributed by atoms with van der Waals surface area (Å²) in [4.78, 5) is 11.4. The predicted octanol–water partition coefficient (Wildman–Crippen LogP) is 4.80. The highest BCUT2D eigenvalue weighted by molar-refractivity contribution is 8.12. The molecule has 3 aliphatic rings. The van der Waals surface area contributed by atoms with Gasteiger partial charge in [-0.05, 0) is 74.2 Å². The Labute approximate surface area is 218 Å². The Morgan fingerprint density at radius 3 is 2.22 bits per heavy atom. The van der Waals surface area contributed by atoms with Crippen LogP contribution in [0.3, 0.4) is 0 Å². The molecule has 3 fully saturated rings. The Morgan fingerprint density at radius 1 is 1.03 bits per heavy atom. The van der Waals surface area contributed by atoms with E-state index in [9.17, 15) is 21.9 Å². The second-order valence-electron chi connectivity index (χ2n) is 11.5. The van der Waals surface area contributed by atoms with Gasteiger partial charge in [0, 0.05) is 58.0 Å². The van der Waals surface area contributed by atoms with Gasteiger partial charge in [0.25, 0.3) is 0 Å². The first-order chi connectivity index (χ1) is 17.4. The molecule has 1 aromatic heterocycles. The molecule has 2 unspecified atom stereocenters. The lowest BCUT2D eigenvalue weighted by Gasteiger charge is -2.51. The number of aryl methyl sites for hydroxylation is 1. The van der Waals surface area contributed by atoms with E-state index in [4.69, 9.17) is 4.74 Å². The summed E-state index contributed by atoms with van der Waals surface area (Å²) in [5.41, 5.74) is 1.16. The summed E-state index contributed by atoms with van der Waals surface area (Å²) >= 11 is 0. The van der Waals surface area contributed by atoms with Crippen LogP contribution in [-0.4, -0.2) is 80.6 Å². The number of anilines is 1. The molecule has 7 nitrogen and oxygen atoms in total. The minimum Gasteiger partial charge on any atom is -0.381 e. The van der Waals surface area contributed by atoms with Crippen molar-refractivity contribution in [2.24, 2.45) is 23.7 Å². The van der Waals surface area contributed by atoms with E-state index in [1.165, 1.54) is 17.1 Å². The number of ether oxygens (including phenoxy) is 1. The van der Waals surface area contributed by atoms with Gasteiger partial charge in [-0.15, -0.1) is 9.53 Å². The molecule has 0 bridgehead atoms. The molecule has 1 aromatic rings. The number of piperidine rings is 2. The topological polar surface area (TPSA) is 78.8 Å². The van der Waals surface area contributed by atoms with E-state index in [-0.39, 0.29) is 5.92 Å². The molecule has 2 aliphatic heterocycles. The third-order valence-electron chi connectivity index (χ3n) is 8.78. The molecule has 2 saturated heterocycles. The van der Waals surface area contributed by atoms with E-state index in [1.54, 1.807) is 0 Å². The normalized spacial score (nSPS) is 26.0. The average Bonchev–Trinajstić information content (AvgIpc) is 2.85. The highest BCUT2D eigenvalue weighted by atomic mass is 32.3. The third kappa shape index (κ3) is 7.64. The zero-order valence-corrected chi connectivity index (χ0v) is 23.0. The van der Waals surface area contributed by atoms with Crippen molar-refractivity contribution < 1.29 is 26.7 Å². The minimum atomic E-state index is -4.44. The van der Waals surface area contributed by atoms with Crippen LogP contribution in [0.25, 0.3) is 0 Å². The molecule has 1 N–H and O–H groups in total. The Hall–Kier alpha value is -1.30. The van der Waals surface area contributed by atoms with E-state index in [0.29, 0.717) is 50.3 Å². The van der Waals surface area contributed by atoms with Gasteiger partial charge in [0.15, 0.2) is 0 Å². The monoisotopic (exact) mass is 548 g/mol. The molecule has 0 amide bonds. The fraction of sp³-hybridized carbons (Fsp3) is 0.846. The van der Waals surface area contributed by atoms with Crippen LogP contribution in [0.15, 0.2) is 12.4 Å². The maximum absolute atomic E-state index is 12.9. The van der Waals surface area contributed by atoms with Crippen molar-refractivity contribution in [2.45, 2.75) is 64.5 Å². The highest BCUT2D eigenvalue weighted by Crippen LogP contribution is 2.44. The van der Waals surface area contributed by atoms with Crippen LogP contribution in [0.1, 0.15) is 57.4 Å². The maximum atomic E-state index is 12.9. The van der Waals surface area contributed by atoms with Gasteiger partial charge in [-0.3, -0.25) is 4.55 Å². The lowest BCUT2D eigenvalue weighted by molar-refractivity contribution is -0.130. The molecule has 1 aliphatic carbocycles. The molecule has 2 atom stereocenters. The number of hydrogen-bond donors (Lipinski definition) is 1. The predicted molar refractivity (Wildman–Crippen MR) is 140 cm³/mol. The number of aromatic nitrogens is 2. The number of halogens is 3. The fourth-order valence-electron chi connectivity index (χ4n) is 6.05. The molecule has 0 spiro atoms. The molecular formula is C26H43F3N4O3S. The minimum absolute atomic E-state index is 0.280. The van der Waals surface area contributed by atoms with Crippen molar-refractivity contribution in [1.82, 2.24) is 14.3 Å². The van der Waals surface area contributed by atoms with Gasteiger partial charge in [-0.25, -0.2) is 14.3 Å². The van der Waals surface area contributed by atoms with E-state index >= 15 is 0 Å². The SMILES string of the molecule is CCc1cnc(N2CCC(C3CCC3COCC3CCN(S(C)(=O)(O)CCC(F)(F)F)CC3)CC2)nc1. The number of hydrogen-bond acceptors (Lipinski definition) is 5. The summed E-state index contributed by atoms with van der Waals surface area (Å²) in [5.74, 6) is 2.37. The second kappa shape index (κ2) is 11.4. The van der Waals surface area contributed by atoms with Crippen LogP contribution >= 0.6 is 0 Å². The number of rotatable bonds is 10. The average molecular weight is 549 g/mol.